The monoisotopic (exact) mass is 606 g/mol. The van der Waals surface area contributed by atoms with Gasteiger partial charge in [0.2, 0.25) is 0 Å². The summed E-state index contributed by atoms with van der Waals surface area (Å²) in [6, 6.07) is 54.9. The lowest BCUT2D eigenvalue weighted by Gasteiger charge is -2.19. The van der Waals surface area contributed by atoms with E-state index < -0.39 is 0 Å². The second-order valence-corrected chi connectivity index (χ2v) is 13.7. The van der Waals surface area contributed by atoms with Gasteiger partial charge in [0.25, 0.3) is 0 Å². The zero-order valence-electron chi connectivity index (χ0n) is 26.9. The Morgan fingerprint density at radius 1 is 0.271 bits per heavy atom. The molecule has 0 unspecified atom stereocenters. The Morgan fingerprint density at radius 2 is 0.729 bits per heavy atom. The molecule has 11 aromatic carbocycles. The quantitative estimate of drug-likeness (QED) is 0.172. The van der Waals surface area contributed by atoms with Crippen LogP contribution in [-0.2, 0) is 0 Å². The molecule has 0 saturated carbocycles. The minimum atomic E-state index is 1.29. The number of fused-ring (bicyclic) bond motifs is 9. The number of aryl methyl sites for hydroxylation is 2. The average Bonchev–Trinajstić information content (AvgIpc) is 3.62. The molecule has 0 aliphatic rings. The van der Waals surface area contributed by atoms with E-state index in [0.29, 0.717) is 0 Å². The van der Waals surface area contributed by atoms with Crippen LogP contribution < -0.4 is 0 Å². The van der Waals surface area contributed by atoms with E-state index in [1.54, 1.807) is 0 Å². The maximum Gasteiger partial charge on any atom is -0.000731 e. The lowest BCUT2D eigenvalue weighted by Crippen LogP contribution is -1.92. The van der Waals surface area contributed by atoms with E-state index in [0.717, 1.165) is 0 Å². The highest BCUT2D eigenvalue weighted by Crippen LogP contribution is 2.54. The molecule has 0 amide bonds. The van der Waals surface area contributed by atoms with Gasteiger partial charge in [-0.05, 0) is 152 Å². The van der Waals surface area contributed by atoms with E-state index in [4.69, 9.17) is 0 Å². The van der Waals surface area contributed by atoms with Crippen LogP contribution in [0.3, 0.4) is 0 Å². The fourth-order valence-electron chi connectivity index (χ4n) is 9.14. The molecule has 0 bridgehead atoms. The van der Waals surface area contributed by atoms with E-state index in [-0.39, 0.29) is 0 Å². The minimum absolute atomic E-state index is 1.29. The summed E-state index contributed by atoms with van der Waals surface area (Å²) >= 11 is 0. The molecule has 0 atom stereocenters. The first-order chi connectivity index (χ1) is 23.7. The Labute approximate surface area is 278 Å². The van der Waals surface area contributed by atoms with E-state index >= 15 is 0 Å². The van der Waals surface area contributed by atoms with Crippen molar-refractivity contribution in [1.29, 1.82) is 0 Å². The van der Waals surface area contributed by atoms with Crippen LogP contribution in [-0.4, -0.2) is 0 Å². The molecule has 11 rings (SSSR count). The topological polar surface area (TPSA) is 0 Å². The van der Waals surface area contributed by atoms with Crippen LogP contribution >= 0.6 is 0 Å². The van der Waals surface area contributed by atoms with Crippen LogP contribution in [0.25, 0.3) is 108 Å². The molecule has 0 radical (unpaired) electrons. The molecule has 0 nitrogen and oxygen atoms in total. The van der Waals surface area contributed by atoms with Gasteiger partial charge < -0.3 is 0 Å². The molecule has 0 heteroatoms. The summed E-state index contributed by atoms with van der Waals surface area (Å²) in [6.45, 7) is 4.53. The number of benzene rings is 9. The van der Waals surface area contributed by atoms with Gasteiger partial charge in [-0.3, -0.25) is 0 Å². The SMILES string of the molecule is Cc1ccccc1-c1c2cc3c(cc2c(-c2ccccc2C)c2c4cccc5cccc(c12)c54)c1cc2ccccc2c2cccc3c21. The molecule has 0 saturated heterocycles. The summed E-state index contributed by atoms with van der Waals surface area (Å²) in [6.07, 6.45) is 0. The van der Waals surface area contributed by atoms with Gasteiger partial charge in [-0.2, -0.15) is 0 Å². The van der Waals surface area contributed by atoms with E-state index in [1.165, 1.54) is 120 Å². The van der Waals surface area contributed by atoms with E-state index in [2.05, 4.69) is 159 Å². The molecule has 222 valence electrons. The van der Waals surface area contributed by atoms with Crippen molar-refractivity contribution in [1.82, 2.24) is 0 Å². The van der Waals surface area contributed by atoms with Gasteiger partial charge in [0.05, 0.1) is 0 Å². The lowest BCUT2D eigenvalue weighted by molar-refractivity contribution is 1.47. The fraction of sp³-hybridized carbons (Fsp3) is 0.0417. The summed E-state index contributed by atoms with van der Waals surface area (Å²) in [5.74, 6) is 0. The number of hydrogen-bond donors (Lipinski definition) is 0. The lowest BCUT2D eigenvalue weighted by atomic mass is 9.84. The van der Waals surface area contributed by atoms with Crippen molar-refractivity contribution >= 4 is 86.2 Å². The first-order valence-electron chi connectivity index (χ1n) is 16.9. The smallest absolute Gasteiger partial charge is 0.000731 e. The molecule has 0 aliphatic heterocycles. The molecular weight excluding hydrogens is 577 g/mol. The maximum absolute atomic E-state index is 2.54. The molecular formula is C48H30. The Bertz CT molecular complexity index is 3120. The van der Waals surface area contributed by atoms with Crippen LogP contribution in [0, 0.1) is 13.8 Å². The van der Waals surface area contributed by atoms with Gasteiger partial charge in [0, 0.05) is 0 Å². The minimum Gasteiger partial charge on any atom is -0.0620 e. The van der Waals surface area contributed by atoms with Gasteiger partial charge in [0.15, 0.2) is 0 Å². The molecule has 0 aromatic heterocycles. The largest absolute Gasteiger partial charge is 0.0620 e. The third kappa shape index (κ3) is 3.25. The van der Waals surface area contributed by atoms with E-state index in [9.17, 15) is 0 Å². The predicted octanol–water partition coefficient (Wildman–Crippen LogP) is 13.7. The highest BCUT2D eigenvalue weighted by molar-refractivity contribution is 6.42. The zero-order chi connectivity index (χ0) is 31.7. The van der Waals surface area contributed by atoms with Crippen molar-refractivity contribution in [3.05, 3.63) is 157 Å². The van der Waals surface area contributed by atoms with Gasteiger partial charge in [-0.15, -0.1) is 0 Å². The van der Waals surface area contributed by atoms with Gasteiger partial charge in [0.1, 0.15) is 0 Å². The zero-order valence-corrected chi connectivity index (χ0v) is 26.9. The van der Waals surface area contributed by atoms with Crippen LogP contribution in [0.2, 0.25) is 0 Å². The molecule has 0 fully saturated rings. The van der Waals surface area contributed by atoms with Gasteiger partial charge in [-0.1, -0.05) is 127 Å². The first-order valence-corrected chi connectivity index (χ1v) is 16.9. The first kappa shape index (κ1) is 26.1. The predicted molar refractivity (Wildman–Crippen MR) is 209 cm³/mol. The van der Waals surface area contributed by atoms with E-state index in [1.807, 2.05) is 0 Å². The van der Waals surface area contributed by atoms with Crippen LogP contribution in [0.1, 0.15) is 11.1 Å². The highest BCUT2D eigenvalue weighted by atomic mass is 14.3. The Morgan fingerprint density at radius 3 is 1.35 bits per heavy atom. The van der Waals surface area contributed by atoms with Crippen molar-refractivity contribution in [2.75, 3.05) is 0 Å². The van der Waals surface area contributed by atoms with Crippen molar-refractivity contribution in [3.63, 3.8) is 0 Å². The van der Waals surface area contributed by atoms with Crippen molar-refractivity contribution in [3.8, 4) is 22.3 Å². The summed E-state index contributed by atoms with van der Waals surface area (Å²) in [7, 11) is 0. The standard InChI is InChI=1S/C48H30/c1-27-12-3-6-17-31(27)45-41-25-38-35-21-11-20-34-33-19-8-5-14-30(33)24-40(44(34)35)39(38)26-42(41)46(32-18-7-4-13-28(32)2)48-37-23-10-16-29-15-9-22-36(43(29)37)47(45)48/h3-26H,1-2H3. The number of rotatable bonds is 2. The van der Waals surface area contributed by atoms with Gasteiger partial charge >= 0.3 is 0 Å². The normalized spacial score (nSPS) is 12.4. The maximum atomic E-state index is 2.54. The second kappa shape index (κ2) is 9.31. The molecule has 48 heavy (non-hydrogen) atoms. The second-order valence-electron chi connectivity index (χ2n) is 13.7. The molecule has 0 aliphatic carbocycles. The summed E-state index contributed by atoms with van der Waals surface area (Å²) in [5.41, 5.74) is 7.89. The van der Waals surface area contributed by atoms with Crippen LogP contribution in [0.15, 0.2) is 146 Å². The third-order valence-electron chi connectivity index (χ3n) is 11.2. The summed E-state index contributed by atoms with van der Waals surface area (Å²) < 4.78 is 0. The summed E-state index contributed by atoms with van der Waals surface area (Å²) in [5, 5.41) is 21.4. The molecule has 0 N–H and O–H groups in total. The van der Waals surface area contributed by atoms with Crippen molar-refractivity contribution in [2.45, 2.75) is 13.8 Å². The molecule has 0 heterocycles. The molecule has 11 aromatic rings. The summed E-state index contributed by atoms with van der Waals surface area (Å²) in [4.78, 5) is 0. The molecule has 0 spiro atoms. The Kier molecular flexibility index (Phi) is 5.07. The van der Waals surface area contributed by atoms with Crippen molar-refractivity contribution < 1.29 is 0 Å². The average molecular weight is 607 g/mol. The van der Waals surface area contributed by atoms with Gasteiger partial charge in [-0.25, -0.2) is 0 Å². The van der Waals surface area contributed by atoms with Crippen LogP contribution in [0.4, 0.5) is 0 Å². The Balaban J connectivity index is 1.49. The van der Waals surface area contributed by atoms with Crippen molar-refractivity contribution in [2.24, 2.45) is 0 Å². The fourth-order valence-corrected chi connectivity index (χ4v) is 9.14. The highest BCUT2D eigenvalue weighted by Gasteiger charge is 2.26. The number of hydrogen-bond acceptors (Lipinski definition) is 0. The van der Waals surface area contributed by atoms with Crippen LogP contribution in [0.5, 0.6) is 0 Å². The third-order valence-corrected chi connectivity index (χ3v) is 11.2. The Hall–Kier alpha value is -5.98.